The predicted molar refractivity (Wildman–Crippen MR) is 120 cm³/mol. The van der Waals surface area contributed by atoms with Gasteiger partial charge in [-0.2, -0.15) is 0 Å². The summed E-state index contributed by atoms with van der Waals surface area (Å²) in [6.45, 7) is 5.21. The van der Waals surface area contributed by atoms with Crippen molar-refractivity contribution in [2.75, 3.05) is 47.9 Å². The first-order chi connectivity index (χ1) is 14.7. The number of benzene rings is 2. The number of ether oxygens (including phenoxy) is 1. The highest BCUT2D eigenvalue weighted by atomic mass is 32.2. The lowest BCUT2D eigenvalue weighted by Gasteiger charge is -2.26. The van der Waals surface area contributed by atoms with Crippen LogP contribution in [0.2, 0.25) is 0 Å². The summed E-state index contributed by atoms with van der Waals surface area (Å²) >= 11 is 0. The van der Waals surface area contributed by atoms with E-state index < -0.39 is 15.9 Å². The minimum absolute atomic E-state index is 0.0928. The Morgan fingerprint density at radius 3 is 2.42 bits per heavy atom. The van der Waals surface area contributed by atoms with Gasteiger partial charge in [0.15, 0.2) is 0 Å². The molecule has 0 bridgehead atoms. The van der Waals surface area contributed by atoms with Crippen LogP contribution in [0.1, 0.15) is 22.8 Å². The van der Waals surface area contributed by atoms with Crippen molar-refractivity contribution in [2.45, 2.75) is 13.5 Å². The van der Waals surface area contributed by atoms with Gasteiger partial charge in [0.2, 0.25) is 15.9 Å². The molecular formula is C21H26N4O5S. The molecule has 0 spiro atoms. The van der Waals surface area contributed by atoms with Crippen LogP contribution in [0.4, 0.5) is 17.1 Å². The van der Waals surface area contributed by atoms with E-state index in [2.05, 4.69) is 20.3 Å². The van der Waals surface area contributed by atoms with Crippen molar-refractivity contribution in [2.24, 2.45) is 0 Å². The van der Waals surface area contributed by atoms with Crippen molar-refractivity contribution < 1.29 is 22.7 Å². The molecule has 0 saturated carbocycles. The van der Waals surface area contributed by atoms with Crippen LogP contribution in [0.5, 0.6) is 0 Å². The van der Waals surface area contributed by atoms with E-state index in [1.807, 2.05) is 18.2 Å². The number of hydrogen-bond donors (Lipinski definition) is 3. The molecule has 0 radical (unpaired) electrons. The lowest BCUT2D eigenvalue weighted by atomic mass is 10.1. The van der Waals surface area contributed by atoms with E-state index in [0.29, 0.717) is 24.6 Å². The zero-order valence-electron chi connectivity index (χ0n) is 17.5. The Morgan fingerprint density at radius 2 is 1.74 bits per heavy atom. The normalized spacial score (nSPS) is 14.6. The summed E-state index contributed by atoms with van der Waals surface area (Å²) in [7, 11) is -3.60. The lowest BCUT2D eigenvalue weighted by Crippen LogP contribution is -2.35. The Morgan fingerprint density at radius 1 is 1.03 bits per heavy atom. The van der Waals surface area contributed by atoms with Gasteiger partial charge in [0.25, 0.3) is 5.91 Å². The van der Waals surface area contributed by atoms with Crippen molar-refractivity contribution >= 4 is 38.9 Å². The quantitative estimate of drug-likeness (QED) is 0.600. The lowest BCUT2D eigenvalue weighted by molar-refractivity contribution is -0.114. The number of nitrogens with one attached hydrogen (secondary N) is 3. The summed E-state index contributed by atoms with van der Waals surface area (Å²) < 4.78 is 31.1. The van der Waals surface area contributed by atoms with Crippen LogP contribution in [-0.4, -0.2) is 57.7 Å². The predicted octanol–water partition coefficient (Wildman–Crippen LogP) is 2.10. The molecule has 10 heteroatoms. The van der Waals surface area contributed by atoms with Gasteiger partial charge in [-0.05, 0) is 35.9 Å². The van der Waals surface area contributed by atoms with Crippen molar-refractivity contribution in [3.63, 3.8) is 0 Å². The van der Waals surface area contributed by atoms with Crippen LogP contribution in [-0.2, 0) is 26.1 Å². The largest absolute Gasteiger partial charge is 0.379 e. The number of anilines is 3. The molecule has 3 rings (SSSR count). The third kappa shape index (κ3) is 7.06. The molecule has 1 aliphatic rings. The summed E-state index contributed by atoms with van der Waals surface area (Å²) in [5.74, 6) is -0.798. The third-order valence-electron chi connectivity index (χ3n) is 4.57. The van der Waals surface area contributed by atoms with Gasteiger partial charge in [-0.25, -0.2) is 8.42 Å². The third-order valence-corrected chi connectivity index (χ3v) is 5.17. The first-order valence-electron chi connectivity index (χ1n) is 9.79. The summed E-state index contributed by atoms with van der Waals surface area (Å²) in [4.78, 5) is 26.6. The van der Waals surface area contributed by atoms with Crippen LogP contribution in [0, 0.1) is 0 Å². The maximum Gasteiger partial charge on any atom is 0.257 e. The molecule has 1 heterocycles. The summed E-state index contributed by atoms with van der Waals surface area (Å²) in [6, 6.07) is 11.9. The summed E-state index contributed by atoms with van der Waals surface area (Å²) in [6.07, 6.45) is 1.01. The molecule has 2 amide bonds. The Bertz CT molecular complexity index is 1070. The number of hydrogen-bond acceptors (Lipinski definition) is 6. The fourth-order valence-electron chi connectivity index (χ4n) is 3.27. The average Bonchev–Trinajstić information content (AvgIpc) is 2.68. The fourth-order valence-corrected chi connectivity index (χ4v) is 3.84. The smallest absolute Gasteiger partial charge is 0.257 e. The topological polar surface area (TPSA) is 117 Å². The number of sulfonamides is 1. The molecular weight excluding hydrogens is 420 g/mol. The zero-order valence-corrected chi connectivity index (χ0v) is 18.3. The van der Waals surface area contributed by atoms with Gasteiger partial charge >= 0.3 is 0 Å². The molecule has 2 aromatic rings. The van der Waals surface area contributed by atoms with Gasteiger partial charge in [-0.1, -0.05) is 12.1 Å². The maximum atomic E-state index is 13.0. The van der Waals surface area contributed by atoms with Crippen LogP contribution in [0.15, 0.2) is 42.5 Å². The second kappa shape index (κ2) is 9.90. The molecule has 0 aromatic heterocycles. The number of rotatable bonds is 7. The first-order valence-corrected chi connectivity index (χ1v) is 11.7. The second-order valence-corrected chi connectivity index (χ2v) is 9.11. The Hall–Kier alpha value is -2.95. The Labute approximate surface area is 181 Å². The average molecular weight is 447 g/mol. The van der Waals surface area contributed by atoms with Crippen molar-refractivity contribution in [1.29, 1.82) is 0 Å². The SMILES string of the molecule is CC(=O)Nc1ccc(NS(C)(=O)=O)c(C(=O)Nc2cccc(CN3CCOCC3)c2)c1. The van der Waals surface area contributed by atoms with Crippen LogP contribution >= 0.6 is 0 Å². The van der Waals surface area contributed by atoms with Crippen molar-refractivity contribution in [3.8, 4) is 0 Å². The van der Waals surface area contributed by atoms with Gasteiger partial charge in [0, 0.05) is 37.9 Å². The summed E-state index contributed by atoms with van der Waals surface area (Å²) in [5, 5.41) is 5.41. The number of nitrogens with zero attached hydrogens (tertiary/aromatic N) is 1. The van der Waals surface area contributed by atoms with E-state index in [-0.39, 0.29) is 17.2 Å². The van der Waals surface area contributed by atoms with E-state index >= 15 is 0 Å². The van der Waals surface area contributed by atoms with E-state index in [1.54, 1.807) is 6.07 Å². The minimum atomic E-state index is -3.60. The molecule has 0 unspecified atom stereocenters. The van der Waals surface area contributed by atoms with E-state index in [9.17, 15) is 18.0 Å². The number of carbonyl (C=O) groups excluding carboxylic acids is 2. The van der Waals surface area contributed by atoms with Crippen molar-refractivity contribution in [3.05, 3.63) is 53.6 Å². The number of amides is 2. The molecule has 0 atom stereocenters. The molecule has 2 aromatic carbocycles. The zero-order chi connectivity index (χ0) is 22.4. The first kappa shape index (κ1) is 22.7. The second-order valence-electron chi connectivity index (χ2n) is 7.36. The molecule has 0 aliphatic carbocycles. The fraction of sp³-hybridized carbons (Fsp3) is 0.333. The number of carbonyl (C=O) groups is 2. The standard InChI is InChI=1S/C21H26N4O5S/c1-15(26)22-18-6-7-20(24-31(2,28)29)19(13-18)21(27)23-17-5-3-4-16(12-17)14-25-8-10-30-11-9-25/h3-7,12-13,24H,8-11,14H2,1-2H3,(H,22,26)(H,23,27). The highest BCUT2D eigenvalue weighted by molar-refractivity contribution is 7.92. The monoisotopic (exact) mass is 446 g/mol. The van der Waals surface area contributed by atoms with Gasteiger partial charge in [0.05, 0.1) is 30.7 Å². The highest BCUT2D eigenvalue weighted by Crippen LogP contribution is 2.24. The molecule has 1 fully saturated rings. The van der Waals surface area contributed by atoms with Gasteiger partial charge < -0.3 is 15.4 Å². The van der Waals surface area contributed by atoms with Crippen LogP contribution in [0.25, 0.3) is 0 Å². The minimum Gasteiger partial charge on any atom is -0.379 e. The van der Waals surface area contributed by atoms with E-state index in [4.69, 9.17) is 4.74 Å². The van der Waals surface area contributed by atoms with Gasteiger partial charge in [0.1, 0.15) is 0 Å². The van der Waals surface area contributed by atoms with E-state index in [1.165, 1.54) is 25.1 Å². The van der Waals surface area contributed by atoms with Crippen LogP contribution < -0.4 is 15.4 Å². The van der Waals surface area contributed by atoms with Crippen molar-refractivity contribution in [1.82, 2.24) is 4.90 Å². The molecule has 1 saturated heterocycles. The molecule has 1 aliphatic heterocycles. The van der Waals surface area contributed by atoms with Crippen LogP contribution in [0.3, 0.4) is 0 Å². The Balaban J connectivity index is 1.81. The molecule has 166 valence electrons. The maximum absolute atomic E-state index is 13.0. The molecule has 3 N–H and O–H groups in total. The summed E-state index contributed by atoms with van der Waals surface area (Å²) in [5.41, 5.74) is 2.23. The highest BCUT2D eigenvalue weighted by Gasteiger charge is 2.17. The molecule has 31 heavy (non-hydrogen) atoms. The van der Waals surface area contributed by atoms with Gasteiger partial charge in [-0.15, -0.1) is 0 Å². The van der Waals surface area contributed by atoms with Gasteiger partial charge in [-0.3, -0.25) is 19.2 Å². The van der Waals surface area contributed by atoms with E-state index in [0.717, 1.165) is 31.5 Å². The molecule has 9 nitrogen and oxygen atoms in total. The Kier molecular flexibility index (Phi) is 7.26. The number of morpholine rings is 1.